The largest absolute Gasteiger partial charge is 0.482 e. The highest BCUT2D eigenvalue weighted by molar-refractivity contribution is 5.97. The summed E-state index contributed by atoms with van der Waals surface area (Å²) in [5.41, 5.74) is 15.2. The summed E-state index contributed by atoms with van der Waals surface area (Å²) < 4.78 is 8.01. The van der Waals surface area contributed by atoms with E-state index in [0.717, 1.165) is 22.2 Å². The van der Waals surface area contributed by atoms with Crippen molar-refractivity contribution in [2.24, 2.45) is 5.73 Å². The number of hydrogen-bond acceptors (Lipinski definition) is 6. The molecule has 0 spiro atoms. The Morgan fingerprint density at radius 1 is 1.19 bits per heavy atom. The van der Waals surface area contributed by atoms with Crippen LogP contribution in [0.1, 0.15) is 28.9 Å². The van der Waals surface area contributed by atoms with Gasteiger partial charge in [0, 0.05) is 34.3 Å². The normalized spacial score (nSPS) is 12.3. The van der Waals surface area contributed by atoms with Gasteiger partial charge in [0.05, 0.1) is 22.9 Å². The van der Waals surface area contributed by atoms with Crippen molar-refractivity contribution in [3.05, 3.63) is 72.2 Å². The highest BCUT2D eigenvalue weighted by atomic mass is 16.5. The summed E-state index contributed by atoms with van der Waals surface area (Å²) >= 11 is 0. The van der Waals surface area contributed by atoms with Gasteiger partial charge in [-0.05, 0) is 49.4 Å². The lowest BCUT2D eigenvalue weighted by atomic mass is 10.1. The number of aromatic nitrogens is 5. The summed E-state index contributed by atoms with van der Waals surface area (Å²) in [7, 11) is 0. The first-order valence-electron chi connectivity index (χ1n) is 9.63. The van der Waals surface area contributed by atoms with Gasteiger partial charge in [0.25, 0.3) is 0 Å². The number of rotatable bonds is 5. The molecule has 0 aliphatic carbocycles. The van der Waals surface area contributed by atoms with E-state index in [4.69, 9.17) is 16.2 Å². The first-order valence-corrected chi connectivity index (χ1v) is 9.63. The number of pyridine rings is 1. The number of anilines is 1. The number of nitrogens with zero attached hydrogens (tertiary/aromatic N) is 4. The second-order valence-electron chi connectivity index (χ2n) is 7.22. The van der Waals surface area contributed by atoms with Crippen molar-refractivity contribution in [3.8, 4) is 11.4 Å². The summed E-state index contributed by atoms with van der Waals surface area (Å²) in [4.78, 5) is 15.9. The molecule has 0 aliphatic rings. The molecule has 0 aliphatic heterocycles. The minimum Gasteiger partial charge on any atom is -0.482 e. The first-order chi connectivity index (χ1) is 15.0. The van der Waals surface area contributed by atoms with Gasteiger partial charge in [-0.25, -0.2) is 9.67 Å². The molecular weight excluding hydrogens is 394 g/mol. The number of H-pyrrole nitrogens is 1. The fourth-order valence-electron chi connectivity index (χ4n) is 3.61. The van der Waals surface area contributed by atoms with Crippen LogP contribution in [0.25, 0.3) is 27.5 Å². The zero-order chi connectivity index (χ0) is 21.5. The lowest BCUT2D eigenvalue weighted by molar-refractivity contribution is 0.100. The van der Waals surface area contributed by atoms with Crippen molar-refractivity contribution < 1.29 is 9.53 Å². The predicted molar refractivity (Wildman–Crippen MR) is 117 cm³/mol. The Morgan fingerprint density at radius 3 is 2.84 bits per heavy atom. The molecule has 3 aromatic heterocycles. The molecule has 9 heteroatoms. The van der Waals surface area contributed by atoms with E-state index in [1.54, 1.807) is 41.3 Å². The van der Waals surface area contributed by atoms with Gasteiger partial charge in [0.2, 0.25) is 5.91 Å². The molecule has 0 bridgehead atoms. The monoisotopic (exact) mass is 413 g/mol. The quantitative estimate of drug-likeness (QED) is 0.405. The lowest BCUT2D eigenvalue weighted by Gasteiger charge is -2.20. The highest BCUT2D eigenvalue weighted by Gasteiger charge is 2.18. The number of nitrogens with two attached hydrogens (primary N) is 2. The van der Waals surface area contributed by atoms with Gasteiger partial charge < -0.3 is 16.2 Å². The standard InChI is InChI=1S/C22H19N7O2/c1-12(16-10-18-15(11-25-28-18)8-19(16)29-6-2-5-26-29)31-20-9-14-7-13(22(24)30)3-4-17(14)27-21(20)23/h2-12H,1H3,(H2,23,27)(H2,24,30)(H,25,28)/t12-/m0/s1. The van der Waals surface area contributed by atoms with E-state index in [2.05, 4.69) is 20.3 Å². The van der Waals surface area contributed by atoms with Crippen LogP contribution in [0.15, 0.2) is 61.1 Å². The smallest absolute Gasteiger partial charge is 0.248 e. The van der Waals surface area contributed by atoms with E-state index in [1.807, 2.05) is 31.3 Å². The fourth-order valence-corrected chi connectivity index (χ4v) is 3.61. The number of nitrogen functional groups attached to an aromatic ring is 1. The van der Waals surface area contributed by atoms with Gasteiger partial charge in [-0.3, -0.25) is 9.89 Å². The molecule has 0 saturated carbocycles. The second-order valence-corrected chi connectivity index (χ2v) is 7.22. The SMILES string of the molecule is C[C@H](Oc1cc2cc(C(N)=O)ccc2nc1N)c1cc2[nH]ncc2cc1-n1cccn1. The van der Waals surface area contributed by atoms with E-state index in [9.17, 15) is 4.79 Å². The Hall–Kier alpha value is -4.40. The first kappa shape index (κ1) is 18.6. The van der Waals surface area contributed by atoms with E-state index < -0.39 is 5.91 Å². The number of aromatic amines is 1. The van der Waals surface area contributed by atoms with E-state index >= 15 is 0 Å². The lowest BCUT2D eigenvalue weighted by Crippen LogP contribution is -2.11. The molecular formula is C22H19N7O2. The summed E-state index contributed by atoms with van der Waals surface area (Å²) in [6.07, 6.45) is 4.97. The van der Waals surface area contributed by atoms with Gasteiger partial charge >= 0.3 is 0 Å². The number of fused-ring (bicyclic) bond motifs is 2. The molecule has 0 unspecified atom stereocenters. The van der Waals surface area contributed by atoms with Crippen LogP contribution in [-0.4, -0.2) is 30.9 Å². The molecule has 1 amide bonds. The Labute approximate surface area is 176 Å². The van der Waals surface area contributed by atoms with E-state index in [1.165, 1.54) is 0 Å². The molecule has 1 atom stereocenters. The molecule has 9 nitrogen and oxygen atoms in total. The summed E-state index contributed by atoms with van der Waals surface area (Å²) in [6, 6.07) is 12.6. The van der Waals surface area contributed by atoms with Crippen LogP contribution in [0, 0.1) is 0 Å². The molecule has 5 rings (SSSR count). The molecule has 0 saturated heterocycles. The van der Waals surface area contributed by atoms with Gasteiger partial charge in [0.15, 0.2) is 11.6 Å². The van der Waals surface area contributed by atoms with Crippen LogP contribution < -0.4 is 16.2 Å². The Kier molecular flexibility index (Phi) is 4.28. The molecule has 31 heavy (non-hydrogen) atoms. The summed E-state index contributed by atoms with van der Waals surface area (Å²) in [5, 5.41) is 13.1. The van der Waals surface area contributed by atoms with Crippen LogP contribution >= 0.6 is 0 Å². The van der Waals surface area contributed by atoms with Crippen LogP contribution in [-0.2, 0) is 0 Å². The Bertz CT molecular complexity index is 1420. The zero-order valence-electron chi connectivity index (χ0n) is 16.6. The number of primary amides is 1. The number of nitrogens with one attached hydrogen (secondary N) is 1. The van der Waals surface area contributed by atoms with E-state index in [0.29, 0.717) is 22.2 Å². The van der Waals surface area contributed by atoms with Crippen molar-refractivity contribution in [2.75, 3.05) is 5.73 Å². The number of ether oxygens (including phenoxy) is 1. The maximum atomic E-state index is 11.5. The molecule has 5 N–H and O–H groups in total. The maximum Gasteiger partial charge on any atom is 0.248 e. The van der Waals surface area contributed by atoms with Crippen molar-refractivity contribution >= 4 is 33.5 Å². The van der Waals surface area contributed by atoms with Gasteiger partial charge in [0.1, 0.15) is 6.10 Å². The molecule has 154 valence electrons. The Balaban J connectivity index is 1.57. The molecule has 5 aromatic rings. The van der Waals surface area contributed by atoms with Crippen LogP contribution in [0.3, 0.4) is 0 Å². The van der Waals surface area contributed by atoms with Crippen molar-refractivity contribution in [3.63, 3.8) is 0 Å². The van der Waals surface area contributed by atoms with Gasteiger partial charge in [-0.1, -0.05) is 0 Å². The summed E-state index contributed by atoms with van der Waals surface area (Å²) in [5.74, 6) is 0.165. The molecule has 2 aromatic carbocycles. The number of benzene rings is 2. The Morgan fingerprint density at radius 2 is 2.06 bits per heavy atom. The zero-order valence-corrected chi connectivity index (χ0v) is 16.6. The van der Waals surface area contributed by atoms with Crippen molar-refractivity contribution in [1.29, 1.82) is 0 Å². The number of amides is 1. The minimum atomic E-state index is -0.508. The van der Waals surface area contributed by atoms with Crippen LogP contribution in [0.4, 0.5) is 5.82 Å². The maximum absolute atomic E-state index is 11.5. The predicted octanol–water partition coefficient (Wildman–Crippen LogP) is 3.12. The number of carbonyl (C=O) groups is 1. The average molecular weight is 413 g/mol. The number of hydrogen-bond donors (Lipinski definition) is 3. The van der Waals surface area contributed by atoms with Crippen molar-refractivity contribution in [2.45, 2.75) is 13.0 Å². The highest BCUT2D eigenvalue weighted by Crippen LogP contribution is 2.33. The fraction of sp³-hybridized carbons (Fsp3) is 0.0909. The van der Waals surface area contributed by atoms with Gasteiger partial charge in [-0.15, -0.1) is 0 Å². The third-order valence-electron chi connectivity index (χ3n) is 5.17. The van der Waals surface area contributed by atoms with Crippen LogP contribution in [0.5, 0.6) is 5.75 Å². The molecule has 3 heterocycles. The minimum absolute atomic E-state index is 0.259. The second kappa shape index (κ2) is 7.13. The average Bonchev–Trinajstić information content (AvgIpc) is 3.44. The number of carbonyl (C=O) groups excluding carboxylic acids is 1. The van der Waals surface area contributed by atoms with Crippen LogP contribution in [0.2, 0.25) is 0 Å². The summed E-state index contributed by atoms with van der Waals surface area (Å²) in [6.45, 7) is 1.92. The molecule has 0 radical (unpaired) electrons. The van der Waals surface area contributed by atoms with E-state index in [-0.39, 0.29) is 11.9 Å². The topological polar surface area (TPSA) is 138 Å². The third kappa shape index (κ3) is 3.31. The van der Waals surface area contributed by atoms with Gasteiger partial charge in [-0.2, -0.15) is 10.2 Å². The molecule has 0 fully saturated rings. The van der Waals surface area contributed by atoms with Crippen molar-refractivity contribution in [1.82, 2.24) is 25.0 Å². The third-order valence-corrected chi connectivity index (χ3v) is 5.17.